The van der Waals surface area contributed by atoms with Crippen LogP contribution in [0, 0.1) is 6.92 Å². The summed E-state index contributed by atoms with van der Waals surface area (Å²) in [5, 5.41) is 3.90. The molecule has 0 N–H and O–H groups in total. The molecule has 2 rings (SSSR count). The summed E-state index contributed by atoms with van der Waals surface area (Å²) in [6.45, 7) is 9.99. The van der Waals surface area contributed by atoms with E-state index < -0.39 is 0 Å². The van der Waals surface area contributed by atoms with Gasteiger partial charge in [-0.1, -0.05) is 10.6 Å². The summed E-state index contributed by atoms with van der Waals surface area (Å²) in [6.07, 6.45) is 2.92. The standard InChI is InChI=1S/C12H18N4OS/c1-3-5-15-6-4-7-16(9-8-15)12(17)11-10(2)13-14-18-11/h3H,1,4-9H2,2H3. The molecule has 1 aromatic rings. The van der Waals surface area contributed by atoms with E-state index in [-0.39, 0.29) is 5.91 Å². The number of rotatable bonds is 3. The monoisotopic (exact) mass is 266 g/mol. The van der Waals surface area contributed by atoms with Gasteiger partial charge in [0.15, 0.2) is 0 Å². The Bertz CT molecular complexity index is 431. The number of carbonyl (C=O) groups is 1. The van der Waals surface area contributed by atoms with Crippen LogP contribution in [0.3, 0.4) is 0 Å². The van der Waals surface area contributed by atoms with Crippen molar-refractivity contribution in [2.45, 2.75) is 13.3 Å². The minimum atomic E-state index is 0.0722. The van der Waals surface area contributed by atoms with E-state index in [9.17, 15) is 4.79 Å². The topological polar surface area (TPSA) is 49.3 Å². The van der Waals surface area contributed by atoms with Crippen LogP contribution in [0.25, 0.3) is 0 Å². The molecular weight excluding hydrogens is 248 g/mol. The minimum Gasteiger partial charge on any atom is -0.337 e. The van der Waals surface area contributed by atoms with Crippen LogP contribution < -0.4 is 0 Å². The molecule has 2 heterocycles. The predicted molar refractivity (Wildman–Crippen MR) is 71.8 cm³/mol. The van der Waals surface area contributed by atoms with Gasteiger partial charge in [0.1, 0.15) is 4.88 Å². The van der Waals surface area contributed by atoms with Crippen molar-refractivity contribution in [3.05, 3.63) is 23.2 Å². The van der Waals surface area contributed by atoms with Crippen LogP contribution in [-0.4, -0.2) is 58.0 Å². The molecule has 1 amide bonds. The SMILES string of the molecule is C=CCN1CCCN(C(=O)c2snnc2C)CC1. The zero-order valence-corrected chi connectivity index (χ0v) is 11.4. The maximum atomic E-state index is 12.3. The number of nitrogens with zero attached hydrogens (tertiary/aromatic N) is 4. The van der Waals surface area contributed by atoms with Crippen LogP contribution in [0.4, 0.5) is 0 Å². The summed E-state index contributed by atoms with van der Waals surface area (Å²) in [4.78, 5) is 17.2. The van der Waals surface area contributed by atoms with Gasteiger partial charge in [0.25, 0.3) is 5.91 Å². The second-order valence-electron chi connectivity index (χ2n) is 4.42. The summed E-state index contributed by atoms with van der Waals surface area (Å²) < 4.78 is 3.83. The second kappa shape index (κ2) is 6.06. The third-order valence-electron chi connectivity index (χ3n) is 3.11. The Labute approximate surface area is 111 Å². The fourth-order valence-electron chi connectivity index (χ4n) is 2.11. The first-order chi connectivity index (χ1) is 8.72. The molecule has 0 radical (unpaired) electrons. The molecule has 5 nitrogen and oxygen atoms in total. The molecule has 0 spiro atoms. The smallest absolute Gasteiger partial charge is 0.267 e. The Balaban J connectivity index is 2.00. The van der Waals surface area contributed by atoms with E-state index in [1.54, 1.807) is 0 Å². The lowest BCUT2D eigenvalue weighted by Crippen LogP contribution is -2.35. The van der Waals surface area contributed by atoms with Gasteiger partial charge in [0.2, 0.25) is 0 Å². The van der Waals surface area contributed by atoms with Gasteiger partial charge in [-0.25, -0.2) is 0 Å². The average Bonchev–Trinajstić information content (AvgIpc) is 2.64. The molecule has 0 unspecified atom stereocenters. The molecular formula is C12H18N4OS. The Morgan fingerprint density at radius 3 is 2.94 bits per heavy atom. The average molecular weight is 266 g/mol. The molecule has 0 aliphatic carbocycles. The Hall–Kier alpha value is -1.27. The fourth-order valence-corrected chi connectivity index (χ4v) is 2.74. The highest BCUT2D eigenvalue weighted by Gasteiger charge is 2.22. The van der Waals surface area contributed by atoms with Crippen LogP contribution in [0.2, 0.25) is 0 Å². The minimum absolute atomic E-state index is 0.0722. The maximum absolute atomic E-state index is 12.3. The lowest BCUT2D eigenvalue weighted by Gasteiger charge is -2.20. The number of aromatic nitrogens is 2. The number of carbonyl (C=O) groups excluding carboxylic acids is 1. The predicted octanol–water partition coefficient (Wildman–Crippen LogP) is 1.18. The lowest BCUT2D eigenvalue weighted by molar-refractivity contribution is 0.0766. The van der Waals surface area contributed by atoms with Gasteiger partial charge in [-0.15, -0.1) is 11.7 Å². The van der Waals surface area contributed by atoms with Gasteiger partial charge in [-0.2, -0.15) is 0 Å². The summed E-state index contributed by atoms with van der Waals surface area (Å²) in [7, 11) is 0. The molecule has 0 aromatic carbocycles. The van der Waals surface area contributed by atoms with Crippen LogP contribution in [-0.2, 0) is 0 Å². The van der Waals surface area contributed by atoms with Crippen molar-refractivity contribution < 1.29 is 4.79 Å². The van der Waals surface area contributed by atoms with Crippen LogP contribution >= 0.6 is 11.5 Å². The number of amides is 1. The quantitative estimate of drug-likeness (QED) is 0.771. The summed E-state index contributed by atoms with van der Waals surface area (Å²) in [5.74, 6) is 0.0722. The summed E-state index contributed by atoms with van der Waals surface area (Å²) in [5.41, 5.74) is 0.734. The van der Waals surface area contributed by atoms with E-state index in [1.807, 2.05) is 17.9 Å². The molecule has 0 saturated carbocycles. The Morgan fingerprint density at radius 1 is 1.44 bits per heavy atom. The van der Waals surface area contributed by atoms with E-state index in [0.717, 1.165) is 44.8 Å². The van der Waals surface area contributed by atoms with Gasteiger partial charge in [-0.3, -0.25) is 9.69 Å². The third kappa shape index (κ3) is 2.94. The molecule has 1 fully saturated rings. The van der Waals surface area contributed by atoms with Gasteiger partial charge in [0.05, 0.1) is 5.69 Å². The molecule has 0 atom stereocenters. The molecule has 1 aromatic heterocycles. The molecule has 1 aliphatic rings. The summed E-state index contributed by atoms with van der Waals surface area (Å²) >= 11 is 1.19. The van der Waals surface area contributed by atoms with Crippen LogP contribution in [0.5, 0.6) is 0 Å². The van der Waals surface area contributed by atoms with E-state index in [1.165, 1.54) is 11.5 Å². The van der Waals surface area contributed by atoms with E-state index >= 15 is 0 Å². The summed E-state index contributed by atoms with van der Waals surface area (Å²) in [6, 6.07) is 0. The van der Waals surface area contributed by atoms with E-state index in [4.69, 9.17) is 0 Å². The second-order valence-corrected chi connectivity index (χ2v) is 5.18. The zero-order chi connectivity index (χ0) is 13.0. The maximum Gasteiger partial charge on any atom is 0.267 e. The first-order valence-corrected chi connectivity index (χ1v) is 6.91. The molecule has 98 valence electrons. The first kappa shape index (κ1) is 13.2. The number of aryl methyl sites for hydroxylation is 1. The van der Waals surface area contributed by atoms with Crippen LogP contribution in [0.1, 0.15) is 21.8 Å². The Kier molecular flexibility index (Phi) is 4.43. The highest BCUT2D eigenvalue weighted by Crippen LogP contribution is 2.14. The zero-order valence-electron chi connectivity index (χ0n) is 10.6. The van der Waals surface area contributed by atoms with Gasteiger partial charge < -0.3 is 4.90 Å². The molecule has 0 bridgehead atoms. The van der Waals surface area contributed by atoms with E-state index in [0.29, 0.717) is 4.88 Å². The van der Waals surface area contributed by atoms with Crippen molar-refractivity contribution in [3.63, 3.8) is 0 Å². The first-order valence-electron chi connectivity index (χ1n) is 6.14. The third-order valence-corrected chi connectivity index (χ3v) is 3.92. The van der Waals surface area contributed by atoms with Gasteiger partial charge in [0, 0.05) is 32.7 Å². The van der Waals surface area contributed by atoms with Crippen molar-refractivity contribution in [1.29, 1.82) is 0 Å². The van der Waals surface area contributed by atoms with Gasteiger partial charge >= 0.3 is 0 Å². The normalized spacial score (nSPS) is 17.5. The van der Waals surface area contributed by atoms with Crippen molar-refractivity contribution in [3.8, 4) is 0 Å². The molecule has 6 heteroatoms. The number of hydrogen-bond donors (Lipinski definition) is 0. The van der Waals surface area contributed by atoms with E-state index in [2.05, 4.69) is 21.1 Å². The fraction of sp³-hybridized carbons (Fsp3) is 0.583. The lowest BCUT2D eigenvalue weighted by atomic mass is 10.3. The van der Waals surface area contributed by atoms with Crippen molar-refractivity contribution in [2.24, 2.45) is 0 Å². The number of hydrogen-bond acceptors (Lipinski definition) is 5. The highest BCUT2D eigenvalue weighted by atomic mass is 32.1. The van der Waals surface area contributed by atoms with Crippen molar-refractivity contribution in [2.75, 3.05) is 32.7 Å². The molecule has 18 heavy (non-hydrogen) atoms. The Morgan fingerprint density at radius 2 is 2.28 bits per heavy atom. The molecule has 1 saturated heterocycles. The van der Waals surface area contributed by atoms with Crippen molar-refractivity contribution in [1.82, 2.24) is 19.4 Å². The van der Waals surface area contributed by atoms with Crippen molar-refractivity contribution >= 4 is 17.4 Å². The molecule has 1 aliphatic heterocycles. The van der Waals surface area contributed by atoms with Crippen LogP contribution in [0.15, 0.2) is 12.7 Å². The van der Waals surface area contributed by atoms with Gasteiger partial charge in [-0.05, 0) is 24.9 Å². The highest BCUT2D eigenvalue weighted by molar-refractivity contribution is 7.07. The largest absolute Gasteiger partial charge is 0.337 e.